The number of rotatable bonds is 4. The fourth-order valence-corrected chi connectivity index (χ4v) is 2.75. The molecule has 0 spiro atoms. The quantitative estimate of drug-likeness (QED) is 0.851. The van der Waals surface area contributed by atoms with E-state index >= 15 is 0 Å². The van der Waals surface area contributed by atoms with Crippen LogP contribution in [0.25, 0.3) is 0 Å². The van der Waals surface area contributed by atoms with Gasteiger partial charge in [0.15, 0.2) is 0 Å². The van der Waals surface area contributed by atoms with E-state index in [1.807, 2.05) is 50.2 Å². The van der Waals surface area contributed by atoms with Crippen LogP contribution in [0.4, 0.5) is 0 Å². The third-order valence-electron chi connectivity index (χ3n) is 3.16. The third-order valence-corrected chi connectivity index (χ3v) is 4.17. The molecular formula is C16H17BrClNO. The Hall–Kier alpha value is -1.03. The van der Waals surface area contributed by atoms with Crippen LogP contribution in [0.5, 0.6) is 5.75 Å². The van der Waals surface area contributed by atoms with Crippen LogP contribution in [0.15, 0.2) is 40.9 Å². The SMILES string of the molecule is CCOc1ccc(Br)cc1C(N)c1cccc(C)c1Cl. The first-order valence-corrected chi connectivity index (χ1v) is 7.64. The highest BCUT2D eigenvalue weighted by Crippen LogP contribution is 2.34. The van der Waals surface area contributed by atoms with Gasteiger partial charge < -0.3 is 10.5 Å². The lowest BCUT2D eigenvalue weighted by Gasteiger charge is -2.19. The van der Waals surface area contributed by atoms with Gasteiger partial charge in [-0.25, -0.2) is 0 Å². The molecule has 1 unspecified atom stereocenters. The van der Waals surface area contributed by atoms with E-state index in [-0.39, 0.29) is 6.04 Å². The lowest BCUT2D eigenvalue weighted by Crippen LogP contribution is -2.14. The summed E-state index contributed by atoms with van der Waals surface area (Å²) >= 11 is 9.85. The number of aryl methyl sites for hydroxylation is 1. The first kappa shape index (κ1) is 15.4. The third kappa shape index (κ3) is 3.17. The van der Waals surface area contributed by atoms with Crippen molar-refractivity contribution in [3.8, 4) is 5.75 Å². The van der Waals surface area contributed by atoms with Crippen molar-refractivity contribution in [2.24, 2.45) is 5.73 Å². The predicted octanol–water partition coefficient (Wildman–Crippen LogP) is 4.86. The van der Waals surface area contributed by atoms with Crippen LogP contribution in [0.2, 0.25) is 5.02 Å². The van der Waals surface area contributed by atoms with Gasteiger partial charge in [-0.2, -0.15) is 0 Å². The fourth-order valence-electron chi connectivity index (χ4n) is 2.13. The Kier molecular flexibility index (Phi) is 5.08. The van der Waals surface area contributed by atoms with Crippen molar-refractivity contribution in [2.75, 3.05) is 6.61 Å². The topological polar surface area (TPSA) is 35.2 Å². The van der Waals surface area contributed by atoms with Crippen molar-refractivity contribution in [1.29, 1.82) is 0 Å². The van der Waals surface area contributed by atoms with Crippen LogP contribution in [-0.2, 0) is 0 Å². The van der Waals surface area contributed by atoms with Gasteiger partial charge in [0.25, 0.3) is 0 Å². The average Bonchev–Trinajstić information content (AvgIpc) is 2.43. The van der Waals surface area contributed by atoms with E-state index in [2.05, 4.69) is 15.9 Å². The van der Waals surface area contributed by atoms with E-state index in [9.17, 15) is 0 Å². The Balaban J connectivity index is 2.49. The maximum atomic E-state index is 6.40. The van der Waals surface area contributed by atoms with E-state index in [0.29, 0.717) is 11.6 Å². The lowest BCUT2D eigenvalue weighted by molar-refractivity contribution is 0.335. The molecule has 1 atom stereocenters. The Morgan fingerprint density at radius 2 is 2.00 bits per heavy atom. The molecule has 0 aliphatic carbocycles. The summed E-state index contributed by atoms with van der Waals surface area (Å²) in [5.74, 6) is 0.792. The summed E-state index contributed by atoms with van der Waals surface area (Å²) in [5, 5.41) is 0.711. The van der Waals surface area contributed by atoms with Gasteiger partial charge in [-0.1, -0.05) is 45.7 Å². The van der Waals surface area contributed by atoms with Crippen LogP contribution >= 0.6 is 27.5 Å². The molecule has 0 radical (unpaired) electrons. The fraction of sp³-hybridized carbons (Fsp3) is 0.250. The lowest BCUT2D eigenvalue weighted by atomic mass is 9.97. The molecule has 0 amide bonds. The molecule has 4 heteroatoms. The summed E-state index contributed by atoms with van der Waals surface area (Å²) in [6.07, 6.45) is 0. The minimum atomic E-state index is -0.318. The molecule has 2 rings (SSSR count). The molecule has 0 aliphatic rings. The summed E-state index contributed by atoms with van der Waals surface area (Å²) in [5.41, 5.74) is 9.25. The zero-order valence-electron chi connectivity index (χ0n) is 11.5. The van der Waals surface area contributed by atoms with Crippen molar-refractivity contribution in [3.63, 3.8) is 0 Å². The summed E-state index contributed by atoms with van der Waals surface area (Å²) < 4.78 is 6.63. The summed E-state index contributed by atoms with van der Waals surface area (Å²) in [4.78, 5) is 0. The van der Waals surface area contributed by atoms with Gasteiger partial charge in [-0.15, -0.1) is 0 Å². The van der Waals surface area contributed by atoms with Gasteiger partial charge in [0.05, 0.1) is 12.6 Å². The molecule has 0 aliphatic heterocycles. The average molecular weight is 355 g/mol. The molecule has 0 fully saturated rings. The molecule has 0 saturated heterocycles. The van der Waals surface area contributed by atoms with E-state index < -0.39 is 0 Å². The molecule has 106 valence electrons. The molecule has 2 nitrogen and oxygen atoms in total. The molecule has 20 heavy (non-hydrogen) atoms. The van der Waals surface area contributed by atoms with Crippen LogP contribution in [0.3, 0.4) is 0 Å². The van der Waals surface area contributed by atoms with Crippen molar-refractivity contribution in [3.05, 3.63) is 62.6 Å². The number of benzene rings is 2. The first-order chi connectivity index (χ1) is 9.54. The van der Waals surface area contributed by atoms with Crippen molar-refractivity contribution in [1.82, 2.24) is 0 Å². The molecule has 0 saturated carbocycles. The monoisotopic (exact) mass is 353 g/mol. The second kappa shape index (κ2) is 6.61. The van der Waals surface area contributed by atoms with E-state index in [1.54, 1.807) is 0 Å². The second-order valence-electron chi connectivity index (χ2n) is 4.57. The molecule has 0 aromatic heterocycles. The molecule has 0 bridgehead atoms. The first-order valence-electron chi connectivity index (χ1n) is 6.47. The highest BCUT2D eigenvalue weighted by atomic mass is 79.9. The highest BCUT2D eigenvalue weighted by Gasteiger charge is 2.18. The summed E-state index contributed by atoms with van der Waals surface area (Å²) in [7, 11) is 0. The second-order valence-corrected chi connectivity index (χ2v) is 5.86. The van der Waals surface area contributed by atoms with Crippen molar-refractivity contribution in [2.45, 2.75) is 19.9 Å². The van der Waals surface area contributed by atoms with E-state index in [4.69, 9.17) is 22.1 Å². The summed E-state index contributed by atoms with van der Waals surface area (Å²) in [6.45, 7) is 4.53. The van der Waals surface area contributed by atoms with Gasteiger partial charge in [-0.05, 0) is 43.2 Å². The van der Waals surface area contributed by atoms with Crippen LogP contribution in [0.1, 0.15) is 29.7 Å². The van der Waals surface area contributed by atoms with Crippen molar-refractivity contribution < 1.29 is 4.74 Å². The smallest absolute Gasteiger partial charge is 0.124 e. The van der Waals surface area contributed by atoms with Crippen LogP contribution in [0, 0.1) is 6.92 Å². The Morgan fingerprint density at radius 3 is 2.70 bits per heavy atom. The van der Waals surface area contributed by atoms with Gasteiger partial charge >= 0.3 is 0 Å². The number of ether oxygens (including phenoxy) is 1. The minimum Gasteiger partial charge on any atom is -0.494 e. The Labute approximate surface area is 133 Å². The minimum absolute atomic E-state index is 0.318. The van der Waals surface area contributed by atoms with Gasteiger partial charge in [0.1, 0.15) is 5.75 Å². The number of hydrogen-bond donors (Lipinski definition) is 1. The molecule has 0 heterocycles. The van der Waals surface area contributed by atoms with E-state index in [1.165, 1.54) is 0 Å². The van der Waals surface area contributed by atoms with E-state index in [0.717, 1.165) is 26.9 Å². The van der Waals surface area contributed by atoms with Gasteiger partial charge in [-0.3, -0.25) is 0 Å². The molecule has 2 aromatic carbocycles. The van der Waals surface area contributed by atoms with Gasteiger partial charge in [0, 0.05) is 15.1 Å². The normalized spacial score (nSPS) is 12.2. The highest BCUT2D eigenvalue weighted by molar-refractivity contribution is 9.10. The number of halogens is 2. The zero-order chi connectivity index (χ0) is 14.7. The standard InChI is InChI=1S/C16H17BrClNO/c1-3-20-14-8-7-11(17)9-13(14)16(19)12-6-4-5-10(2)15(12)18/h4-9,16H,3,19H2,1-2H3. The predicted molar refractivity (Wildman–Crippen MR) is 87.5 cm³/mol. The summed E-state index contributed by atoms with van der Waals surface area (Å²) in [6, 6.07) is 11.4. The van der Waals surface area contributed by atoms with Crippen molar-refractivity contribution >= 4 is 27.5 Å². The largest absolute Gasteiger partial charge is 0.494 e. The van der Waals surface area contributed by atoms with Crippen LogP contribution < -0.4 is 10.5 Å². The Morgan fingerprint density at radius 1 is 1.25 bits per heavy atom. The maximum absolute atomic E-state index is 6.40. The molecule has 2 aromatic rings. The number of nitrogens with two attached hydrogens (primary N) is 1. The maximum Gasteiger partial charge on any atom is 0.124 e. The molecule has 2 N–H and O–H groups in total. The molecular weight excluding hydrogens is 338 g/mol. The van der Waals surface area contributed by atoms with Gasteiger partial charge in [0.2, 0.25) is 0 Å². The zero-order valence-corrected chi connectivity index (χ0v) is 13.8. The van der Waals surface area contributed by atoms with Crippen LogP contribution in [-0.4, -0.2) is 6.61 Å². The number of hydrogen-bond acceptors (Lipinski definition) is 2. The Bertz CT molecular complexity index is 615.